The van der Waals surface area contributed by atoms with Crippen LogP contribution in [0, 0.1) is 23.7 Å². The Bertz CT molecular complexity index is 716. The highest BCUT2D eigenvalue weighted by Crippen LogP contribution is 2.52. The summed E-state index contributed by atoms with van der Waals surface area (Å²) in [5.41, 5.74) is 1.15. The number of ether oxygens (including phenoxy) is 1. The molecule has 1 aromatic carbocycles. The van der Waals surface area contributed by atoms with Crippen LogP contribution in [0.2, 0.25) is 0 Å². The number of rotatable bonds is 1. The highest BCUT2D eigenvalue weighted by molar-refractivity contribution is 6.17. The van der Waals surface area contributed by atoms with Crippen LogP contribution in [0.5, 0.6) is 0 Å². The van der Waals surface area contributed by atoms with Crippen molar-refractivity contribution in [3.8, 4) is 0 Å². The lowest BCUT2D eigenvalue weighted by atomic mass is 9.69. The first kappa shape index (κ1) is 12.5. The number of methoxy groups -OCH3 is 1. The minimum Gasteiger partial charge on any atom is -0.465 e. The molecule has 0 aromatic heterocycles. The maximum absolute atomic E-state index is 12.8. The van der Waals surface area contributed by atoms with E-state index >= 15 is 0 Å². The maximum atomic E-state index is 12.8. The second-order valence-corrected chi connectivity index (χ2v) is 5.98. The van der Waals surface area contributed by atoms with Gasteiger partial charge in [-0.25, -0.2) is 4.79 Å². The van der Waals surface area contributed by atoms with Crippen LogP contribution in [0.15, 0.2) is 30.4 Å². The van der Waals surface area contributed by atoms with E-state index in [0.717, 1.165) is 6.42 Å². The summed E-state index contributed by atoms with van der Waals surface area (Å²) in [5, 5.41) is 0. The van der Waals surface area contributed by atoms with E-state index in [1.165, 1.54) is 13.2 Å². The molecular formula is C17H14O4. The van der Waals surface area contributed by atoms with E-state index < -0.39 is 5.97 Å². The summed E-state index contributed by atoms with van der Waals surface area (Å²) in [6.07, 6.45) is 5.03. The normalized spacial score (nSPS) is 32.0. The van der Waals surface area contributed by atoms with E-state index in [9.17, 15) is 14.4 Å². The van der Waals surface area contributed by atoms with Gasteiger partial charge in [-0.2, -0.15) is 0 Å². The van der Waals surface area contributed by atoms with Crippen LogP contribution in [-0.4, -0.2) is 24.6 Å². The standard InChI is InChI=1S/C17H14O4/c1-21-17(20)10-4-5-11-12(7-10)16(19)14-9-3-2-8(6-9)13(14)15(11)18/h2-5,7-9,13-14H,6H2,1H3. The van der Waals surface area contributed by atoms with E-state index in [4.69, 9.17) is 0 Å². The Morgan fingerprint density at radius 2 is 1.67 bits per heavy atom. The summed E-state index contributed by atoms with van der Waals surface area (Å²) in [5.74, 6) is -0.527. The third-order valence-electron chi connectivity index (χ3n) is 5.04. The molecule has 106 valence electrons. The van der Waals surface area contributed by atoms with Gasteiger partial charge in [-0.05, 0) is 36.5 Å². The van der Waals surface area contributed by atoms with E-state index in [1.54, 1.807) is 12.1 Å². The fraction of sp³-hybridized carbons (Fsp3) is 0.353. The summed E-state index contributed by atoms with van der Waals surface area (Å²) in [6, 6.07) is 4.65. The number of carbonyl (C=O) groups excluding carboxylic acids is 3. The van der Waals surface area contributed by atoms with Crippen molar-refractivity contribution in [2.45, 2.75) is 6.42 Å². The third-order valence-corrected chi connectivity index (χ3v) is 5.04. The minimum absolute atomic E-state index is 0.00259. The lowest BCUT2D eigenvalue weighted by molar-refractivity contribution is 0.0599. The zero-order valence-corrected chi connectivity index (χ0v) is 11.5. The topological polar surface area (TPSA) is 60.4 Å². The van der Waals surface area contributed by atoms with Gasteiger partial charge in [0.05, 0.1) is 12.7 Å². The summed E-state index contributed by atoms with van der Waals surface area (Å²) >= 11 is 0. The molecule has 0 N–H and O–H groups in total. The van der Waals surface area contributed by atoms with Gasteiger partial charge < -0.3 is 4.74 Å². The van der Waals surface area contributed by atoms with Gasteiger partial charge in [-0.15, -0.1) is 0 Å². The van der Waals surface area contributed by atoms with E-state index in [2.05, 4.69) is 16.9 Å². The van der Waals surface area contributed by atoms with Gasteiger partial charge in [-0.3, -0.25) is 9.59 Å². The van der Waals surface area contributed by atoms with Gasteiger partial charge >= 0.3 is 5.97 Å². The van der Waals surface area contributed by atoms with Crippen molar-refractivity contribution in [1.29, 1.82) is 0 Å². The van der Waals surface area contributed by atoms with Gasteiger partial charge in [0.15, 0.2) is 11.6 Å². The number of ketones is 2. The molecule has 0 heterocycles. The van der Waals surface area contributed by atoms with Crippen molar-refractivity contribution < 1.29 is 19.1 Å². The molecule has 4 unspecified atom stereocenters. The molecule has 21 heavy (non-hydrogen) atoms. The highest BCUT2D eigenvalue weighted by atomic mass is 16.5. The molecule has 4 atom stereocenters. The molecule has 1 fully saturated rings. The van der Waals surface area contributed by atoms with Crippen molar-refractivity contribution in [3.63, 3.8) is 0 Å². The Morgan fingerprint density at radius 3 is 2.29 bits per heavy atom. The summed E-state index contributed by atoms with van der Waals surface area (Å²) in [7, 11) is 1.30. The average Bonchev–Trinajstić information content (AvgIpc) is 3.12. The van der Waals surface area contributed by atoms with Gasteiger partial charge in [0, 0.05) is 23.0 Å². The van der Waals surface area contributed by atoms with Crippen molar-refractivity contribution in [2.24, 2.45) is 23.7 Å². The lowest BCUT2D eigenvalue weighted by Gasteiger charge is -2.31. The molecule has 0 aliphatic heterocycles. The number of esters is 1. The quantitative estimate of drug-likeness (QED) is 0.585. The maximum Gasteiger partial charge on any atom is 0.337 e. The van der Waals surface area contributed by atoms with Gasteiger partial charge in [0.25, 0.3) is 0 Å². The Balaban J connectivity index is 1.84. The Morgan fingerprint density at radius 1 is 1.05 bits per heavy atom. The van der Waals surface area contributed by atoms with E-state index in [0.29, 0.717) is 16.7 Å². The molecule has 4 heteroatoms. The van der Waals surface area contributed by atoms with Crippen LogP contribution in [0.25, 0.3) is 0 Å². The minimum atomic E-state index is -0.493. The number of hydrogen-bond donors (Lipinski definition) is 0. The van der Waals surface area contributed by atoms with Crippen LogP contribution in [0.1, 0.15) is 37.5 Å². The predicted octanol–water partition coefficient (Wildman–Crippen LogP) is 2.29. The van der Waals surface area contributed by atoms with Crippen LogP contribution < -0.4 is 0 Å². The third kappa shape index (κ3) is 1.53. The van der Waals surface area contributed by atoms with Crippen molar-refractivity contribution >= 4 is 17.5 Å². The molecule has 0 radical (unpaired) electrons. The number of fused-ring (bicyclic) bond motifs is 6. The molecule has 1 saturated carbocycles. The number of hydrogen-bond acceptors (Lipinski definition) is 4. The second kappa shape index (κ2) is 4.13. The van der Waals surface area contributed by atoms with Crippen LogP contribution in [-0.2, 0) is 4.74 Å². The van der Waals surface area contributed by atoms with E-state index in [1.807, 2.05) is 0 Å². The molecule has 4 nitrogen and oxygen atoms in total. The molecule has 3 aliphatic carbocycles. The molecule has 1 aromatic rings. The number of Topliss-reactive ketones (excluding diaryl/α,β-unsaturated/α-hetero) is 2. The molecule has 0 amide bonds. The first-order chi connectivity index (χ1) is 10.1. The van der Waals surface area contributed by atoms with Crippen molar-refractivity contribution in [3.05, 3.63) is 47.0 Å². The molecule has 2 bridgehead atoms. The average molecular weight is 282 g/mol. The number of benzene rings is 1. The smallest absolute Gasteiger partial charge is 0.337 e. The monoisotopic (exact) mass is 282 g/mol. The molecular weight excluding hydrogens is 268 g/mol. The SMILES string of the molecule is COC(=O)c1ccc2c(c1)C(=O)C1C3C=CC(C3)C1C2=O. The van der Waals surface area contributed by atoms with Crippen LogP contribution in [0.3, 0.4) is 0 Å². The zero-order chi connectivity index (χ0) is 14.7. The molecule has 3 aliphatic rings. The first-order valence-corrected chi connectivity index (χ1v) is 7.11. The highest BCUT2D eigenvalue weighted by Gasteiger charge is 2.54. The summed E-state index contributed by atoms with van der Waals surface area (Å²) in [6.45, 7) is 0. The van der Waals surface area contributed by atoms with Crippen molar-refractivity contribution in [2.75, 3.05) is 7.11 Å². The number of carbonyl (C=O) groups is 3. The van der Waals surface area contributed by atoms with Gasteiger partial charge in [0.2, 0.25) is 0 Å². The second-order valence-electron chi connectivity index (χ2n) is 5.98. The fourth-order valence-corrected chi connectivity index (χ4v) is 4.10. The predicted molar refractivity (Wildman–Crippen MR) is 74.2 cm³/mol. The van der Waals surface area contributed by atoms with Crippen LogP contribution >= 0.6 is 0 Å². The van der Waals surface area contributed by atoms with Gasteiger partial charge in [-0.1, -0.05) is 12.2 Å². The molecule has 4 rings (SSSR count). The summed E-state index contributed by atoms with van der Waals surface area (Å²) < 4.78 is 4.68. The van der Waals surface area contributed by atoms with E-state index in [-0.39, 0.29) is 35.2 Å². The number of allylic oxidation sites excluding steroid dienone is 2. The summed E-state index contributed by atoms with van der Waals surface area (Å²) in [4.78, 5) is 37.1. The Labute approximate surface area is 121 Å². The lowest BCUT2D eigenvalue weighted by Crippen LogP contribution is -2.39. The first-order valence-electron chi connectivity index (χ1n) is 7.11. The molecule has 0 saturated heterocycles. The molecule has 0 spiro atoms. The Hall–Kier alpha value is -2.23. The van der Waals surface area contributed by atoms with Crippen molar-refractivity contribution in [1.82, 2.24) is 0 Å². The fourth-order valence-electron chi connectivity index (χ4n) is 4.10. The largest absolute Gasteiger partial charge is 0.465 e. The van der Waals surface area contributed by atoms with Gasteiger partial charge in [0.1, 0.15) is 0 Å². The zero-order valence-electron chi connectivity index (χ0n) is 11.5. The Kier molecular flexibility index (Phi) is 2.46. The van der Waals surface area contributed by atoms with Crippen LogP contribution in [0.4, 0.5) is 0 Å².